The highest BCUT2D eigenvalue weighted by atomic mass is 127. The van der Waals surface area contributed by atoms with Crippen molar-refractivity contribution in [3.05, 3.63) is 63.5 Å². The summed E-state index contributed by atoms with van der Waals surface area (Å²) in [4.78, 5) is 0.531. The third-order valence-electron chi connectivity index (χ3n) is 2.27. The average molecular weight is 360 g/mol. The Labute approximate surface area is 116 Å². The van der Waals surface area contributed by atoms with Crippen LogP contribution in [0.3, 0.4) is 0 Å². The number of rotatable bonds is 3. The average Bonchev–Trinajstić information content (AvgIpc) is 2.32. The van der Waals surface area contributed by atoms with Crippen LogP contribution in [0.15, 0.2) is 53.4 Å². The maximum absolute atomic E-state index is 13.0. The minimum atomic E-state index is -1.19. The second-order valence-corrected chi connectivity index (χ2v) is 6.27. The molecule has 0 bridgehead atoms. The van der Waals surface area contributed by atoms with E-state index in [9.17, 15) is 8.60 Å². The van der Waals surface area contributed by atoms with Crippen molar-refractivity contribution >= 4 is 33.4 Å². The van der Waals surface area contributed by atoms with E-state index in [4.69, 9.17) is 0 Å². The van der Waals surface area contributed by atoms with Gasteiger partial charge in [0.15, 0.2) is 0 Å². The topological polar surface area (TPSA) is 17.1 Å². The van der Waals surface area contributed by atoms with E-state index >= 15 is 0 Å². The van der Waals surface area contributed by atoms with Gasteiger partial charge >= 0.3 is 0 Å². The Balaban J connectivity index is 2.14. The Bertz CT molecular complexity index is 539. The van der Waals surface area contributed by atoms with E-state index in [1.54, 1.807) is 12.1 Å². The van der Waals surface area contributed by atoms with Crippen LogP contribution in [-0.2, 0) is 16.6 Å². The molecule has 0 aliphatic carbocycles. The maximum Gasteiger partial charge on any atom is 0.124 e. The summed E-state index contributed by atoms with van der Waals surface area (Å²) >= 11 is 2.22. The molecular formula is C13H10FIOS. The predicted molar refractivity (Wildman–Crippen MR) is 75.7 cm³/mol. The fourth-order valence-electron chi connectivity index (χ4n) is 1.42. The molecule has 0 aliphatic rings. The van der Waals surface area contributed by atoms with Crippen LogP contribution >= 0.6 is 22.6 Å². The summed E-state index contributed by atoms with van der Waals surface area (Å²) in [6.45, 7) is 0. The first kappa shape index (κ1) is 12.7. The number of halogens is 2. The van der Waals surface area contributed by atoms with Gasteiger partial charge < -0.3 is 0 Å². The first-order valence-electron chi connectivity index (χ1n) is 5.03. The Hall–Kier alpha value is -0.750. The summed E-state index contributed by atoms with van der Waals surface area (Å²) in [6, 6.07) is 13.8. The quantitative estimate of drug-likeness (QED) is 0.763. The van der Waals surface area contributed by atoms with E-state index in [0.717, 1.165) is 9.13 Å². The van der Waals surface area contributed by atoms with Crippen molar-refractivity contribution in [2.45, 2.75) is 10.6 Å². The zero-order chi connectivity index (χ0) is 12.3. The second kappa shape index (κ2) is 5.73. The smallest absolute Gasteiger partial charge is 0.124 e. The lowest BCUT2D eigenvalue weighted by atomic mass is 10.2. The van der Waals surface area contributed by atoms with Gasteiger partial charge in [0.2, 0.25) is 0 Å². The van der Waals surface area contributed by atoms with Crippen molar-refractivity contribution in [1.82, 2.24) is 0 Å². The van der Waals surface area contributed by atoms with E-state index in [0.29, 0.717) is 10.6 Å². The van der Waals surface area contributed by atoms with Crippen LogP contribution in [0.1, 0.15) is 5.56 Å². The normalized spacial score (nSPS) is 12.4. The standard InChI is InChI=1S/C13H10FIOS/c14-11-2-1-3-13(8-11)17(16)9-10-4-6-12(15)7-5-10/h1-8H,9H2. The Morgan fingerprint density at radius 1 is 1.12 bits per heavy atom. The minimum Gasteiger partial charge on any atom is -0.254 e. The fraction of sp³-hybridized carbons (Fsp3) is 0.0769. The van der Waals surface area contributed by atoms with E-state index in [-0.39, 0.29) is 5.82 Å². The maximum atomic E-state index is 13.0. The molecule has 2 aromatic carbocycles. The van der Waals surface area contributed by atoms with Crippen LogP contribution in [0.25, 0.3) is 0 Å². The molecule has 0 N–H and O–H groups in total. The SMILES string of the molecule is O=S(Cc1ccc(I)cc1)c1cccc(F)c1. The molecule has 0 spiro atoms. The molecule has 1 nitrogen and oxygen atoms in total. The van der Waals surface area contributed by atoms with Gasteiger partial charge in [0.1, 0.15) is 5.82 Å². The van der Waals surface area contributed by atoms with E-state index < -0.39 is 10.8 Å². The Morgan fingerprint density at radius 3 is 2.47 bits per heavy atom. The van der Waals surface area contributed by atoms with Crippen LogP contribution in [0.5, 0.6) is 0 Å². The van der Waals surface area contributed by atoms with Crippen LogP contribution < -0.4 is 0 Å². The summed E-state index contributed by atoms with van der Waals surface area (Å²) in [7, 11) is -1.19. The summed E-state index contributed by atoms with van der Waals surface area (Å²) in [5.41, 5.74) is 0.994. The molecule has 0 saturated carbocycles. The van der Waals surface area contributed by atoms with Crippen molar-refractivity contribution in [3.8, 4) is 0 Å². The molecule has 0 fully saturated rings. The van der Waals surface area contributed by atoms with Gasteiger partial charge in [0, 0.05) is 8.47 Å². The van der Waals surface area contributed by atoms with Gasteiger partial charge in [-0.3, -0.25) is 4.21 Å². The van der Waals surface area contributed by atoms with Crippen LogP contribution in [-0.4, -0.2) is 4.21 Å². The summed E-state index contributed by atoms with van der Waals surface area (Å²) < 4.78 is 26.1. The lowest BCUT2D eigenvalue weighted by Crippen LogP contribution is -1.97. The van der Waals surface area contributed by atoms with Crippen molar-refractivity contribution < 1.29 is 8.60 Å². The summed E-state index contributed by atoms with van der Waals surface area (Å²) in [5.74, 6) is 0.0684. The molecule has 17 heavy (non-hydrogen) atoms. The number of hydrogen-bond donors (Lipinski definition) is 0. The largest absolute Gasteiger partial charge is 0.254 e. The van der Waals surface area contributed by atoms with Crippen molar-refractivity contribution in [2.24, 2.45) is 0 Å². The molecule has 0 saturated heterocycles. The lowest BCUT2D eigenvalue weighted by Gasteiger charge is -2.03. The lowest BCUT2D eigenvalue weighted by molar-refractivity contribution is 0.622. The van der Waals surface area contributed by atoms with Gasteiger partial charge in [-0.1, -0.05) is 18.2 Å². The van der Waals surface area contributed by atoms with Crippen LogP contribution in [0.4, 0.5) is 4.39 Å². The van der Waals surface area contributed by atoms with Gasteiger partial charge in [-0.25, -0.2) is 4.39 Å². The zero-order valence-corrected chi connectivity index (χ0v) is 11.9. The predicted octanol–water partition coefficient (Wildman–Crippen LogP) is 3.74. The first-order chi connectivity index (χ1) is 8.15. The fourth-order valence-corrected chi connectivity index (χ4v) is 2.92. The molecule has 1 atom stereocenters. The molecule has 0 aromatic heterocycles. The molecule has 88 valence electrons. The second-order valence-electron chi connectivity index (χ2n) is 3.57. The molecule has 0 heterocycles. The highest BCUT2D eigenvalue weighted by Crippen LogP contribution is 2.14. The molecule has 2 rings (SSSR count). The van der Waals surface area contributed by atoms with Gasteiger partial charge in [-0.05, 0) is 58.5 Å². The highest BCUT2D eigenvalue weighted by molar-refractivity contribution is 14.1. The Morgan fingerprint density at radius 2 is 1.82 bits per heavy atom. The zero-order valence-electron chi connectivity index (χ0n) is 8.90. The van der Waals surface area contributed by atoms with E-state index in [1.165, 1.54) is 12.1 Å². The third-order valence-corrected chi connectivity index (χ3v) is 4.36. The van der Waals surface area contributed by atoms with Gasteiger partial charge in [0.25, 0.3) is 0 Å². The molecule has 0 amide bonds. The van der Waals surface area contributed by atoms with E-state index in [1.807, 2.05) is 24.3 Å². The van der Waals surface area contributed by atoms with Crippen LogP contribution in [0.2, 0.25) is 0 Å². The molecule has 1 unspecified atom stereocenters. The van der Waals surface area contributed by atoms with E-state index in [2.05, 4.69) is 22.6 Å². The summed E-state index contributed by atoms with van der Waals surface area (Å²) in [6.07, 6.45) is 0. The van der Waals surface area contributed by atoms with Crippen molar-refractivity contribution in [3.63, 3.8) is 0 Å². The third kappa shape index (κ3) is 3.61. The number of hydrogen-bond acceptors (Lipinski definition) is 1. The van der Waals surface area contributed by atoms with Crippen molar-refractivity contribution in [2.75, 3.05) is 0 Å². The molecule has 0 aliphatic heterocycles. The molecule has 0 radical (unpaired) electrons. The molecule has 2 aromatic rings. The van der Waals surface area contributed by atoms with Gasteiger partial charge in [0.05, 0.1) is 16.6 Å². The minimum absolute atomic E-state index is 0.349. The van der Waals surface area contributed by atoms with Gasteiger partial charge in [-0.15, -0.1) is 0 Å². The Kier molecular flexibility index (Phi) is 4.28. The van der Waals surface area contributed by atoms with Crippen LogP contribution in [0, 0.1) is 9.39 Å². The van der Waals surface area contributed by atoms with Gasteiger partial charge in [-0.2, -0.15) is 0 Å². The summed E-state index contributed by atoms with van der Waals surface area (Å²) in [5, 5.41) is 0. The first-order valence-corrected chi connectivity index (χ1v) is 7.43. The highest BCUT2D eigenvalue weighted by Gasteiger charge is 2.05. The number of benzene rings is 2. The molecular weight excluding hydrogens is 350 g/mol. The monoisotopic (exact) mass is 360 g/mol. The molecule has 4 heteroatoms. The van der Waals surface area contributed by atoms with Crippen molar-refractivity contribution in [1.29, 1.82) is 0 Å².